The minimum absolute atomic E-state index is 0.297. The standard InChI is InChI=1S/C9H16N2O6S/c1-3(13)16-7-4(2-12)17-8(18-9(10)11)6(15)5(7)14/h4-8,12,14-15H,2H2,1H3,(H3,10,11)/t4-,5-,6-,7-,8+/m1/s1. The van der Waals surface area contributed by atoms with E-state index in [9.17, 15) is 15.0 Å². The molecule has 0 aliphatic carbocycles. The van der Waals surface area contributed by atoms with Crippen LogP contribution in [0.5, 0.6) is 0 Å². The largest absolute Gasteiger partial charge is 0.457 e. The second-order valence-electron chi connectivity index (χ2n) is 3.76. The SMILES string of the molecule is CC(=O)O[C@H]1[C@H](O)[C@@H](O)[C@H](SC(=N)N)O[C@@H]1CO. The molecule has 0 unspecified atom stereocenters. The summed E-state index contributed by atoms with van der Waals surface area (Å²) in [6.07, 6.45) is -4.95. The van der Waals surface area contributed by atoms with E-state index < -0.39 is 42.4 Å². The Balaban J connectivity index is 2.80. The number of aliphatic hydroxyl groups is 3. The van der Waals surface area contributed by atoms with E-state index in [4.69, 9.17) is 25.7 Å². The lowest BCUT2D eigenvalue weighted by Gasteiger charge is -2.40. The van der Waals surface area contributed by atoms with Gasteiger partial charge in [0.05, 0.1) is 6.61 Å². The summed E-state index contributed by atoms with van der Waals surface area (Å²) in [6, 6.07) is 0. The fourth-order valence-corrected chi connectivity index (χ4v) is 2.36. The zero-order chi connectivity index (χ0) is 13.9. The van der Waals surface area contributed by atoms with Crippen LogP contribution in [0.15, 0.2) is 0 Å². The molecule has 9 heteroatoms. The number of esters is 1. The van der Waals surface area contributed by atoms with Crippen LogP contribution in [0.3, 0.4) is 0 Å². The minimum atomic E-state index is -1.42. The molecule has 5 atom stereocenters. The van der Waals surface area contributed by atoms with Crippen molar-refractivity contribution in [3.8, 4) is 0 Å². The fourth-order valence-electron chi connectivity index (χ4n) is 1.61. The smallest absolute Gasteiger partial charge is 0.303 e. The molecule has 0 aromatic carbocycles. The summed E-state index contributed by atoms with van der Waals surface area (Å²) in [7, 11) is 0. The van der Waals surface area contributed by atoms with Gasteiger partial charge in [-0.3, -0.25) is 10.2 Å². The maximum absolute atomic E-state index is 10.9. The molecule has 1 saturated heterocycles. The van der Waals surface area contributed by atoms with Gasteiger partial charge in [0.25, 0.3) is 0 Å². The number of carbonyl (C=O) groups is 1. The van der Waals surface area contributed by atoms with Crippen LogP contribution in [0, 0.1) is 5.41 Å². The second-order valence-corrected chi connectivity index (χ2v) is 4.90. The van der Waals surface area contributed by atoms with Crippen molar-refractivity contribution >= 4 is 22.9 Å². The number of carbonyl (C=O) groups excluding carboxylic acids is 1. The molecule has 1 aliphatic heterocycles. The van der Waals surface area contributed by atoms with Crippen LogP contribution in [-0.2, 0) is 14.3 Å². The van der Waals surface area contributed by atoms with E-state index in [1.807, 2.05) is 0 Å². The Labute approximate surface area is 108 Å². The molecular weight excluding hydrogens is 264 g/mol. The molecule has 1 fully saturated rings. The van der Waals surface area contributed by atoms with E-state index in [-0.39, 0.29) is 5.17 Å². The number of ether oxygens (including phenoxy) is 2. The zero-order valence-corrected chi connectivity index (χ0v) is 10.5. The molecule has 0 saturated carbocycles. The van der Waals surface area contributed by atoms with Crippen LogP contribution in [0.25, 0.3) is 0 Å². The molecule has 0 amide bonds. The lowest BCUT2D eigenvalue weighted by Crippen LogP contribution is -2.59. The summed E-state index contributed by atoms with van der Waals surface area (Å²) in [5, 5.41) is 35.5. The van der Waals surface area contributed by atoms with Gasteiger partial charge in [-0.15, -0.1) is 0 Å². The van der Waals surface area contributed by atoms with Crippen LogP contribution in [0.4, 0.5) is 0 Å². The van der Waals surface area contributed by atoms with E-state index in [1.54, 1.807) is 0 Å². The number of amidine groups is 1. The first kappa shape index (κ1) is 15.2. The van der Waals surface area contributed by atoms with Gasteiger partial charge in [0.1, 0.15) is 23.7 Å². The molecule has 0 radical (unpaired) electrons. The van der Waals surface area contributed by atoms with Gasteiger partial charge in [0.15, 0.2) is 11.3 Å². The average molecular weight is 280 g/mol. The molecule has 1 rings (SSSR count). The highest BCUT2D eigenvalue weighted by Gasteiger charge is 2.46. The van der Waals surface area contributed by atoms with Crippen LogP contribution >= 0.6 is 11.8 Å². The quantitative estimate of drug-likeness (QED) is 0.226. The summed E-state index contributed by atoms with van der Waals surface area (Å²) in [5.41, 5.74) is 4.16. The number of thioether (sulfide) groups is 1. The first-order valence-electron chi connectivity index (χ1n) is 5.17. The Kier molecular flexibility index (Phi) is 5.35. The minimum Gasteiger partial charge on any atom is -0.457 e. The summed E-state index contributed by atoms with van der Waals surface area (Å²) < 4.78 is 10.1. The van der Waals surface area contributed by atoms with Gasteiger partial charge in [0.2, 0.25) is 0 Å². The summed E-state index contributed by atoms with van der Waals surface area (Å²) in [5.74, 6) is -0.661. The highest BCUT2D eigenvalue weighted by molar-refractivity contribution is 8.14. The third-order valence-electron chi connectivity index (χ3n) is 2.37. The van der Waals surface area contributed by atoms with Crippen LogP contribution < -0.4 is 5.73 Å². The Hall–Kier alpha value is -0.870. The van der Waals surface area contributed by atoms with Crippen LogP contribution in [0.2, 0.25) is 0 Å². The Morgan fingerprint density at radius 1 is 1.50 bits per heavy atom. The number of rotatable bonds is 3. The summed E-state index contributed by atoms with van der Waals surface area (Å²) in [6.45, 7) is 0.640. The van der Waals surface area contributed by atoms with Gasteiger partial charge in [-0.05, 0) is 0 Å². The van der Waals surface area contributed by atoms with Crippen molar-refractivity contribution in [2.24, 2.45) is 5.73 Å². The predicted molar refractivity (Wildman–Crippen MR) is 62.8 cm³/mol. The van der Waals surface area contributed by atoms with Crippen LogP contribution in [0.1, 0.15) is 6.92 Å². The van der Waals surface area contributed by atoms with Crippen molar-refractivity contribution in [3.63, 3.8) is 0 Å². The van der Waals surface area contributed by atoms with E-state index in [2.05, 4.69) is 0 Å². The third-order valence-corrected chi connectivity index (χ3v) is 3.24. The van der Waals surface area contributed by atoms with Gasteiger partial charge < -0.3 is 30.5 Å². The Bertz CT molecular complexity index is 326. The van der Waals surface area contributed by atoms with Crippen molar-refractivity contribution < 1.29 is 29.6 Å². The molecular formula is C9H16N2O6S. The molecule has 8 nitrogen and oxygen atoms in total. The maximum atomic E-state index is 10.9. The Morgan fingerprint density at radius 2 is 2.11 bits per heavy atom. The molecule has 0 bridgehead atoms. The molecule has 0 spiro atoms. The van der Waals surface area contributed by atoms with Crippen molar-refractivity contribution in [2.45, 2.75) is 36.8 Å². The molecule has 18 heavy (non-hydrogen) atoms. The zero-order valence-electron chi connectivity index (χ0n) is 9.65. The molecule has 1 aliphatic rings. The third kappa shape index (κ3) is 3.56. The lowest BCUT2D eigenvalue weighted by atomic mass is 10.00. The monoisotopic (exact) mass is 280 g/mol. The summed E-state index contributed by atoms with van der Waals surface area (Å²) in [4.78, 5) is 10.9. The Morgan fingerprint density at radius 3 is 2.56 bits per heavy atom. The van der Waals surface area contributed by atoms with Crippen molar-refractivity contribution in [3.05, 3.63) is 0 Å². The number of hydrogen-bond acceptors (Lipinski definition) is 8. The molecule has 6 N–H and O–H groups in total. The maximum Gasteiger partial charge on any atom is 0.303 e. The fraction of sp³-hybridized carbons (Fsp3) is 0.778. The highest BCUT2D eigenvalue weighted by Crippen LogP contribution is 2.29. The first-order chi connectivity index (χ1) is 8.36. The number of nitrogens with two attached hydrogens (primary N) is 1. The number of aliphatic hydroxyl groups excluding tert-OH is 3. The summed E-state index contributed by atoms with van der Waals surface area (Å²) >= 11 is 0.705. The van der Waals surface area contributed by atoms with Crippen molar-refractivity contribution in [1.82, 2.24) is 0 Å². The number of hydrogen-bond donors (Lipinski definition) is 5. The lowest BCUT2D eigenvalue weighted by molar-refractivity contribution is -0.219. The highest BCUT2D eigenvalue weighted by atomic mass is 32.2. The average Bonchev–Trinajstić information content (AvgIpc) is 2.27. The second kappa shape index (κ2) is 6.34. The topological polar surface area (TPSA) is 146 Å². The number of nitrogens with one attached hydrogen (secondary N) is 1. The van der Waals surface area contributed by atoms with Crippen molar-refractivity contribution in [1.29, 1.82) is 5.41 Å². The van der Waals surface area contributed by atoms with E-state index in [1.165, 1.54) is 0 Å². The van der Waals surface area contributed by atoms with Gasteiger partial charge in [-0.1, -0.05) is 11.8 Å². The molecule has 104 valence electrons. The normalized spacial score (nSPS) is 36.1. The predicted octanol–water partition coefficient (Wildman–Crippen LogP) is -2.02. The van der Waals surface area contributed by atoms with E-state index >= 15 is 0 Å². The van der Waals surface area contributed by atoms with Gasteiger partial charge in [-0.25, -0.2) is 0 Å². The molecule has 0 aromatic heterocycles. The molecule has 1 heterocycles. The van der Waals surface area contributed by atoms with Gasteiger partial charge in [0, 0.05) is 6.92 Å². The van der Waals surface area contributed by atoms with E-state index in [0.717, 1.165) is 6.92 Å². The van der Waals surface area contributed by atoms with Crippen LogP contribution in [-0.4, -0.2) is 62.9 Å². The van der Waals surface area contributed by atoms with E-state index in [0.29, 0.717) is 11.8 Å². The van der Waals surface area contributed by atoms with Gasteiger partial charge >= 0.3 is 5.97 Å². The molecule has 0 aromatic rings. The first-order valence-corrected chi connectivity index (χ1v) is 6.05. The van der Waals surface area contributed by atoms with Crippen molar-refractivity contribution in [2.75, 3.05) is 6.61 Å². The van der Waals surface area contributed by atoms with Gasteiger partial charge in [-0.2, -0.15) is 0 Å².